The number of benzene rings is 1. The third kappa shape index (κ3) is 5.03. The second kappa shape index (κ2) is 10.1. The van der Waals surface area contributed by atoms with Gasteiger partial charge in [0.25, 0.3) is 5.91 Å². The Hall–Kier alpha value is -1.56. The normalized spacial score (nSPS) is 19.0. The number of hydrogen-bond acceptors (Lipinski definition) is 4. The molecule has 1 aliphatic heterocycles. The van der Waals surface area contributed by atoms with Crippen LogP contribution in [0.4, 0.5) is 0 Å². The van der Waals surface area contributed by atoms with Crippen molar-refractivity contribution in [2.24, 2.45) is 0 Å². The summed E-state index contributed by atoms with van der Waals surface area (Å²) in [4.78, 5) is 15.0. The maximum atomic E-state index is 13.1. The molecular formula is C21H33NO4S. The molecule has 1 fully saturated rings. The minimum Gasteiger partial charge on any atom is -0.490 e. The van der Waals surface area contributed by atoms with Gasteiger partial charge in [-0.1, -0.05) is 27.7 Å². The van der Waals surface area contributed by atoms with E-state index in [0.29, 0.717) is 49.1 Å². The Morgan fingerprint density at radius 2 is 1.70 bits per heavy atom. The van der Waals surface area contributed by atoms with Gasteiger partial charge in [0.2, 0.25) is 0 Å². The average Bonchev–Trinajstić information content (AvgIpc) is 2.71. The fourth-order valence-corrected chi connectivity index (χ4v) is 5.12. The highest BCUT2D eigenvalue weighted by atomic mass is 32.2. The van der Waals surface area contributed by atoms with Crippen LogP contribution in [0.3, 0.4) is 0 Å². The second-order valence-corrected chi connectivity index (χ2v) is 8.99. The van der Waals surface area contributed by atoms with E-state index in [1.807, 2.05) is 17.9 Å². The van der Waals surface area contributed by atoms with Crippen LogP contribution in [0.15, 0.2) is 18.2 Å². The summed E-state index contributed by atoms with van der Waals surface area (Å²) in [5.41, 5.74) is 0.596. The van der Waals surface area contributed by atoms with Gasteiger partial charge in [0.05, 0.1) is 18.0 Å². The van der Waals surface area contributed by atoms with E-state index in [1.54, 1.807) is 12.1 Å². The van der Waals surface area contributed by atoms with Crippen molar-refractivity contribution in [3.63, 3.8) is 0 Å². The molecule has 1 saturated heterocycles. The van der Waals surface area contributed by atoms with Crippen molar-refractivity contribution in [1.82, 2.24) is 4.90 Å². The first-order valence-electron chi connectivity index (χ1n) is 10.1. The van der Waals surface area contributed by atoms with Gasteiger partial charge in [-0.05, 0) is 43.9 Å². The Bertz CT molecular complexity index is 658. The number of carbonyl (C=O) groups excluding carboxylic acids is 1. The molecule has 6 heteroatoms. The molecule has 0 bridgehead atoms. The molecule has 0 aliphatic carbocycles. The molecule has 0 saturated carbocycles. The Morgan fingerprint density at radius 3 is 2.30 bits per heavy atom. The van der Waals surface area contributed by atoms with Gasteiger partial charge in [-0.25, -0.2) is 0 Å². The third-order valence-corrected chi connectivity index (χ3v) is 7.42. The largest absolute Gasteiger partial charge is 0.490 e. The van der Waals surface area contributed by atoms with Crippen LogP contribution >= 0.6 is 0 Å². The van der Waals surface area contributed by atoms with Gasteiger partial charge in [0.15, 0.2) is 11.5 Å². The van der Waals surface area contributed by atoms with Gasteiger partial charge in [-0.15, -0.1) is 0 Å². The fraction of sp³-hybridized carbons (Fsp3) is 0.667. The summed E-state index contributed by atoms with van der Waals surface area (Å²) in [6.45, 7) is 10.5. The molecule has 0 radical (unpaired) electrons. The van der Waals surface area contributed by atoms with Crippen molar-refractivity contribution in [2.45, 2.75) is 58.1 Å². The van der Waals surface area contributed by atoms with Crippen LogP contribution in [0, 0.1) is 0 Å². The van der Waals surface area contributed by atoms with E-state index >= 15 is 0 Å². The van der Waals surface area contributed by atoms with Gasteiger partial charge < -0.3 is 14.4 Å². The molecule has 1 aromatic rings. The Labute approximate surface area is 165 Å². The van der Waals surface area contributed by atoms with Crippen LogP contribution in [-0.4, -0.2) is 51.8 Å². The molecule has 1 unspecified atom stereocenters. The zero-order valence-electron chi connectivity index (χ0n) is 17.1. The summed E-state index contributed by atoms with van der Waals surface area (Å²) < 4.78 is 23.8. The van der Waals surface area contributed by atoms with Crippen molar-refractivity contribution in [3.8, 4) is 11.5 Å². The van der Waals surface area contributed by atoms with Crippen molar-refractivity contribution >= 4 is 16.7 Å². The minimum atomic E-state index is -0.885. The van der Waals surface area contributed by atoms with Crippen molar-refractivity contribution in [3.05, 3.63) is 23.8 Å². The molecule has 0 spiro atoms. The maximum absolute atomic E-state index is 13.1. The monoisotopic (exact) mass is 395 g/mol. The first-order chi connectivity index (χ1) is 13.0. The van der Waals surface area contributed by atoms with Crippen LogP contribution in [0.5, 0.6) is 11.5 Å². The molecule has 1 atom stereocenters. The summed E-state index contributed by atoms with van der Waals surface area (Å²) >= 11 is 0. The number of nitrogens with zero attached hydrogens (tertiary/aromatic N) is 1. The van der Waals surface area contributed by atoms with Crippen molar-refractivity contribution in [2.75, 3.05) is 32.1 Å². The van der Waals surface area contributed by atoms with Crippen LogP contribution in [0.25, 0.3) is 0 Å². The van der Waals surface area contributed by atoms with E-state index in [-0.39, 0.29) is 10.7 Å². The molecule has 0 aromatic heterocycles. The van der Waals surface area contributed by atoms with Gasteiger partial charge in [-0.3, -0.25) is 9.00 Å². The predicted molar refractivity (Wildman–Crippen MR) is 110 cm³/mol. The zero-order valence-corrected chi connectivity index (χ0v) is 17.9. The highest BCUT2D eigenvalue weighted by molar-refractivity contribution is 7.86. The predicted octanol–water partition coefficient (Wildman–Crippen LogP) is 4.03. The standard InChI is InChI=1S/C21H33NO4S/c1-5-12-25-18-10-9-17(15-19(18)26-13-6-2)20(23)22-11-14-27(24)21(7-3,8-4)16-22/h9-10,15H,5-8,11-14,16H2,1-4H3. The molecule has 1 amide bonds. The number of rotatable bonds is 9. The molecule has 1 aliphatic rings. The van der Waals surface area contributed by atoms with E-state index < -0.39 is 10.8 Å². The summed E-state index contributed by atoms with van der Waals surface area (Å²) in [6.07, 6.45) is 3.43. The highest BCUT2D eigenvalue weighted by Crippen LogP contribution is 2.32. The third-order valence-electron chi connectivity index (χ3n) is 5.20. The topological polar surface area (TPSA) is 55.8 Å². The van der Waals surface area contributed by atoms with Crippen molar-refractivity contribution in [1.29, 1.82) is 0 Å². The molecule has 27 heavy (non-hydrogen) atoms. The molecule has 0 N–H and O–H groups in total. The van der Waals surface area contributed by atoms with Crippen LogP contribution < -0.4 is 9.47 Å². The van der Waals surface area contributed by atoms with Gasteiger partial charge in [0, 0.05) is 35.2 Å². The average molecular weight is 396 g/mol. The van der Waals surface area contributed by atoms with Gasteiger partial charge >= 0.3 is 0 Å². The van der Waals surface area contributed by atoms with Crippen LogP contribution in [0.1, 0.15) is 63.7 Å². The SMILES string of the molecule is CCCOc1ccc(C(=O)N2CCS(=O)C(CC)(CC)C2)cc1OCCC. The Morgan fingerprint density at radius 1 is 1.07 bits per heavy atom. The lowest BCUT2D eigenvalue weighted by molar-refractivity contribution is 0.0735. The number of hydrogen-bond donors (Lipinski definition) is 0. The summed E-state index contributed by atoms with van der Waals surface area (Å²) in [7, 11) is -0.885. The Balaban J connectivity index is 2.23. The van der Waals surface area contributed by atoms with Crippen LogP contribution in [0.2, 0.25) is 0 Å². The van der Waals surface area contributed by atoms with E-state index in [0.717, 1.165) is 25.7 Å². The fourth-order valence-electron chi connectivity index (χ4n) is 3.36. The quantitative estimate of drug-likeness (QED) is 0.633. The van der Waals surface area contributed by atoms with E-state index in [1.165, 1.54) is 0 Å². The summed E-state index contributed by atoms with van der Waals surface area (Å²) in [5.74, 6) is 1.82. The maximum Gasteiger partial charge on any atom is 0.254 e. The Kier molecular flexibility index (Phi) is 8.14. The number of ether oxygens (including phenoxy) is 2. The lowest BCUT2D eigenvalue weighted by Crippen LogP contribution is -2.54. The van der Waals surface area contributed by atoms with Crippen LogP contribution in [-0.2, 0) is 10.8 Å². The molecule has 2 rings (SSSR count). The molecule has 1 aromatic carbocycles. The lowest BCUT2D eigenvalue weighted by Gasteiger charge is -2.41. The first-order valence-corrected chi connectivity index (χ1v) is 11.4. The second-order valence-electron chi connectivity index (χ2n) is 7.02. The summed E-state index contributed by atoms with van der Waals surface area (Å²) in [6, 6.07) is 5.41. The first kappa shape index (κ1) is 21.7. The van der Waals surface area contributed by atoms with E-state index in [4.69, 9.17) is 9.47 Å². The lowest BCUT2D eigenvalue weighted by atomic mass is 10.0. The van der Waals surface area contributed by atoms with Crippen molar-refractivity contribution < 1.29 is 18.5 Å². The van der Waals surface area contributed by atoms with Gasteiger partial charge in [-0.2, -0.15) is 0 Å². The number of amides is 1. The minimum absolute atomic E-state index is 0.0265. The highest BCUT2D eigenvalue weighted by Gasteiger charge is 2.40. The summed E-state index contributed by atoms with van der Waals surface area (Å²) in [5, 5.41) is 0. The van der Waals surface area contributed by atoms with E-state index in [9.17, 15) is 9.00 Å². The smallest absolute Gasteiger partial charge is 0.254 e. The van der Waals surface area contributed by atoms with E-state index in [2.05, 4.69) is 20.8 Å². The molecule has 152 valence electrons. The molecule has 5 nitrogen and oxygen atoms in total. The van der Waals surface area contributed by atoms with Gasteiger partial charge in [0.1, 0.15) is 0 Å². The number of carbonyl (C=O) groups is 1. The molecule has 1 heterocycles. The zero-order chi connectivity index (χ0) is 19.9. The molecular weight excluding hydrogens is 362 g/mol.